The molecule has 0 aliphatic rings. The summed E-state index contributed by atoms with van der Waals surface area (Å²) in [4.78, 5) is 11.4. The summed E-state index contributed by atoms with van der Waals surface area (Å²) in [7, 11) is 1.31. The van der Waals surface area contributed by atoms with Gasteiger partial charge in [-0.05, 0) is 13.3 Å². The van der Waals surface area contributed by atoms with Crippen LogP contribution in [0.5, 0.6) is 0 Å². The van der Waals surface area contributed by atoms with Gasteiger partial charge in [-0.2, -0.15) is 0 Å². The van der Waals surface area contributed by atoms with Crippen molar-refractivity contribution in [1.29, 1.82) is 0 Å². The fraction of sp³-hybridized carbons (Fsp3) is 0.700. The molecule has 6 nitrogen and oxygen atoms in total. The molecular weight excluding hydrogens is 210 g/mol. The molecule has 0 bridgehead atoms. The number of nitrogens with zero attached hydrogens (tertiary/aromatic N) is 3. The van der Waals surface area contributed by atoms with E-state index in [-0.39, 0.29) is 5.69 Å². The first-order chi connectivity index (χ1) is 7.60. The highest BCUT2D eigenvalue weighted by Crippen LogP contribution is 2.10. The first kappa shape index (κ1) is 12.6. The molecule has 1 N–H and O–H groups in total. The Morgan fingerprint density at radius 2 is 2.31 bits per heavy atom. The number of ether oxygens (including phenoxy) is 1. The third kappa shape index (κ3) is 2.79. The molecule has 1 aromatic heterocycles. The van der Waals surface area contributed by atoms with Crippen molar-refractivity contribution in [2.45, 2.75) is 39.3 Å². The highest BCUT2D eigenvalue weighted by Gasteiger charge is 2.19. The number of rotatable bonds is 5. The third-order valence-corrected chi connectivity index (χ3v) is 2.14. The Bertz CT molecular complexity index is 360. The predicted molar refractivity (Wildman–Crippen MR) is 57.0 cm³/mol. The summed E-state index contributed by atoms with van der Waals surface area (Å²) in [6.07, 6.45) is 1.03. The molecule has 90 valence electrons. The number of aliphatic hydroxyl groups is 1. The van der Waals surface area contributed by atoms with Crippen LogP contribution >= 0.6 is 0 Å². The van der Waals surface area contributed by atoms with E-state index >= 15 is 0 Å². The number of aromatic nitrogens is 3. The number of aliphatic hydroxyl groups excluding tert-OH is 1. The van der Waals surface area contributed by atoms with Gasteiger partial charge in [-0.3, -0.25) is 0 Å². The number of hydrogen-bond donors (Lipinski definition) is 1. The van der Waals surface area contributed by atoms with Crippen molar-refractivity contribution in [1.82, 2.24) is 15.0 Å². The van der Waals surface area contributed by atoms with E-state index in [9.17, 15) is 9.90 Å². The van der Waals surface area contributed by atoms with Crippen LogP contribution in [0.4, 0.5) is 0 Å². The van der Waals surface area contributed by atoms with Crippen LogP contribution in [0.2, 0.25) is 0 Å². The van der Waals surface area contributed by atoms with Crippen LogP contribution in [-0.2, 0) is 17.7 Å². The zero-order valence-corrected chi connectivity index (χ0v) is 9.80. The summed E-state index contributed by atoms with van der Waals surface area (Å²) in [6.45, 7) is 4.00. The van der Waals surface area contributed by atoms with Gasteiger partial charge in [0.05, 0.1) is 25.5 Å². The molecule has 0 amide bonds. The second kappa shape index (κ2) is 5.60. The van der Waals surface area contributed by atoms with Gasteiger partial charge >= 0.3 is 5.97 Å². The van der Waals surface area contributed by atoms with Gasteiger partial charge in [0.15, 0.2) is 5.69 Å². The molecule has 0 aromatic carbocycles. The fourth-order valence-corrected chi connectivity index (χ4v) is 1.47. The first-order valence-corrected chi connectivity index (χ1v) is 5.28. The highest BCUT2D eigenvalue weighted by atomic mass is 16.5. The van der Waals surface area contributed by atoms with Crippen LogP contribution in [0.25, 0.3) is 0 Å². The van der Waals surface area contributed by atoms with Crippen molar-refractivity contribution in [2.24, 2.45) is 0 Å². The summed E-state index contributed by atoms with van der Waals surface area (Å²) in [6, 6.07) is 0. The molecular formula is C10H17N3O3. The lowest BCUT2D eigenvalue weighted by Gasteiger charge is -2.08. The van der Waals surface area contributed by atoms with E-state index in [0.717, 1.165) is 12.1 Å². The molecule has 6 heteroatoms. The van der Waals surface area contributed by atoms with Crippen molar-refractivity contribution in [3.8, 4) is 0 Å². The zero-order valence-electron chi connectivity index (χ0n) is 9.80. The number of esters is 1. The van der Waals surface area contributed by atoms with Crippen molar-refractivity contribution in [3.05, 3.63) is 11.4 Å². The van der Waals surface area contributed by atoms with Crippen LogP contribution < -0.4 is 0 Å². The molecule has 0 radical (unpaired) electrons. The second-order valence-electron chi connectivity index (χ2n) is 3.66. The van der Waals surface area contributed by atoms with Crippen molar-refractivity contribution < 1.29 is 14.6 Å². The number of carbonyl (C=O) groups is 1. The molecule has 1 atom stereocenters. The largest absolute Gasteiger partial charge is 0.464 e. The van der Waals surface area contributed by atoms with E-state index in [1.807, 2.05) is 6.92 Å². The summed E-state index contributed by atoms with van der Waals surface area (Å²) in [5.41, 5.74) is 0.959. The van der Waals surface area contributed by atoms with E-state index in [1.54, 1.807) is 11.6 Å². The lowest BCUT2D eigenvalue weighted by molar-refractivity contribution is 0.0592. The zero-order chi connectivity index (χ0) is 12.1. The van der Waals surface area contributed by atoms with Crippen LogP contribution in [0.1, 0.15) is 36.5 Å². The topological polar surface area (TPSA) is 77.2 Å². The SMILES string of the molecule is CCCc1c(C(=O)OC)nnn1CC(C)O. The van der Waals surface area contributed by atoms with E-state index in [0.29, 0.717) is 13.0 Å². The van der Waals surface area contributed by atoms with Crippen LogP contribution in [0.3, 0.4) is 0 Å². The van der Waals surface area contributed by atoms with Gasteiger partial charge < -0.3 is 9.84 Å². The summed E-state index contributed by atoms with van der Waals surface area (Å²) in [5.74, 6) is -0.486. The first-order valence-electron chi connectivity index (χ1n) is 5.28. The van der Waals surface area contributed by atoms with Gasteiger partial charge in [0, 0.05) is 0 Å². The quantitative estimate of drug-likeness (QED) is 0.737. The summed E-state index contributed by atoms with van der Waals surface area (Å²) < 4.78 is 6.18. The molecule has 0 saturated carbocycles. The maximum atomic E-state index is 11.4. The smallest absolute Gasteiger partial charge is 0.360 e. The maximum absolute atomic E-state index is 11.4. The minimum atomic E-state index is -0.525. The molecule has 0 aliphatic heterocycles. The van der Waals surface area contributed by atoms with Gasteiger partial charge in [-0.1, -0.05) is 18.6 Å². The molecule has 1 aromatic rings. The van der Waals surface area contributed by atoms with Gasteiger partial charge in [-0.25, -0.2) is 9.48 Å². The Hall–Kier alpha value is -1.43. The summed E-state index contributed by atoms with van der Waals surface area (Å²) >= 11 is 0. The molecule has 1 unspecified atom stereocenters. The fourth-order valence-electron chi connectivity index (χ4n) is 1.47. The molecule has 0 saturated heterocycles. The minimum Gasteiger partial charge on any atom is -0.464 e. The normalized spacial score (nSPS) is 12.5. The average Bonchev–Trinajstić information content (AvgIpc) is 2.61. The minimum absolute atomic E-state index is 0.241. The average molecular weight is 227 g/mol. The standard InChI is InChI=1S/C10H17N3O3/c1-4-5-8-9(10(15)16-3)11-12-13(8)6-7(2)14/h7,14H,4-6H2,1-3H3. The Morgan fingerprint density at radius 3 is 2.81 bits per heavy atom. The van der Waals surface area contributed by atoms with Crippen molar-refractivity contribution in [2.75, 3.05) is 7.11 Å². The Morgan fingerprint density at radius 1 is 1.62 bits per heavy atom. The Kier molecular flexibility index (Phi) is 4.42. The van der Waals surface area contributed by atoms with Crippen LogP contribution in [0.15, 0.2) is 0 Å². The third-order valence-electron chi connectivity index (χ3n) is 2.14. The number of methoxy groups -OCH3 is 1. The highest BCUT2D eigenvalue weighted by molar-refractivity contribution is 5.88. The van der Waals surface area contributed by atoms with Crippen molar-refractivity contribution >= 4 is 5.97 Å². The maximum Gasteiger partial charge on any atom is 0.360 e. The monoisotopic (exact) mass is 227 g/mol. The van der Waals surface area contributed by atoms with Gasteiger partial charge in [0.2, 0.25) is 0 Å². The molecule has 0 spiro atoms. The number of hydrogen-bond acceptors (Lipinski definition) is 5. The van der Waals surface area contributed by atoms with Crippen LogP contribution in [0, 0.1) is 0 Å². The lowest BCUT2D eigenvalue weighted by atomic mass is 10.2. The Labute approximate surface area is 94.2 Å². The van der Waals surface area contributed by atoms with E-state index < -0.39 is 12.1 Å². The molecule has 16 heavy (non-hydrogen) atoms. The molecule has 0 fully saturated rings. The summed E-state index contributed by atoms with van der Waals surface area (Å²) in [5, 5.41) is 16.9. The Balaban J connectivity index is 3.01. The van der Waals surface area contributed by atoms with E-state index in [2.05, 4.69) is 15.0 Å². The van der Waals surface area contributed by atoms with E-state index in [1.165, 1.54) is 7.11 Å². The second-order valence-corrected chi connectivity index (χ2v) is 3.66. The number of carbonyl (C=O) groups excluding carboxylic acids is 1. The van der Waals surface area contributed by atoms with Crippen LogP contribution in [-0.4, -0.2) is 39.3 Å². The molecule has 1 heterocycles. The van der Waals surface area contributed by atoms with Gasteiger partial charge in [0.1, 0.15) is 0 Å². The van der Waals surface area contributed by atoms with Crippen molar-refractivity contribution in [3.63, 3.8) is 0 Å². The van der Waals surface area contributed by atoms with Gasteiger partial charge in [0.25, 0.3) is 0 Å². The predicted octanol–water partition coefficient (Wildman–Crippen LogP) is 0.398. The molecule has 0 aliphatic carbocycles. The lowest BCUT2D eigenvalue weighted by Crippen LogP contribution is -2.16. The van der Waals surface area contributed by atoms with Gasteiger partial charge in [-0.15, -0.1) is 5.10 Å². The van der Waals surface area contributed by atoms with E-state index in [4.69, 9.17) is 0 Å². The molecule has 1 rings (SSSR count).